The van der Waals surface area contributed by atoms with E-state index in [2.05, 4.69) is 4.84 Å². The Kier molecular flexibility index (Phi) is 1.35. The van der Waals surface area contributed by atoms with Gasteiger partial charge in [-0.2, -0.15) is 0 Å². The Morgan fingerprint density at radius 3 is 2.78 bits per heavy atom. The second-order valence-electron chi connectivity index (χ2n) is 1.65. The molecule has 1 saturated heterocycles. The fourth-order valence-corrected chi connectivity index (χ4v) is 0.438. The maximum atomic E-state index is 10.5. The summed E-state index contributed by atoms with van der Waals surface area (Å²) in [5.74, 6) is -0.334. The molecule has 0 unspecified atom stereocenters. The van der Waals surface area contributed by atoms with E-state index in [4.69, 9.17) is 0 Å². The summed E-state index contributed by atoms with van der Waals surface area (Å²) in [5.41, 5.74) is 2.03. The van der Waals surface area contributed by atoms with Gasteiger partial charge in [0.15, 0.2) is 6.61 Å². The van der Waals surface area contributed by atoms with E-state index >= 15 is 0 Å². The van der Waals surface area contributed by atoms with Crippen molar-refractivity contribution in [2.24, 2.45) is 0 Å². The molecular weight excluding hydrogens is 124 g/mol. The number of hydroxylamine groups is 1. The number of urea groups is 1. The zero-order valence-corrected chi connectivity index (χ0v) is 4.88. The first-order chi connectivity index (χ1) is 4.22. The molecule has 1 aliphatic rings. The van der Waals surface area contributed by atoms with Gasteiger partial charge in [0.25, 0.3) is 5.91 Å². The van der Waals surface area contributed by atoms with Crippen LogP contribution < -0.4 is 5.48 Å². The van der Waals surface area contributed by atoms with E-state index in [1.165, 1.54) is 7.05 Å². The van der Waals surface area contributed by atoms with Crippen LogP contribution in [0.1, 0.15) is 0 Å². The van der Waals surface area contributed by atoms with Crippen molar-refractivity contribution in [3.63, 3.8) is 0 Å². The molecule has 5 nitrogen and oxygen atoms in total. The van der Waals surface area contributed by atoms with Crippen molar-refractivity contribution in [1.29, 1.82) is 0 Å². The van der Waals surface area contributed by atoms with Crippen LogP contribution in [0.3, 0.4) is 0 Å². The summed E-state index contributed by atoms with van der Waals surface area (Å²) >= 11 is 0. The quantitative estimate of drug-likeness (QED) is 0.462. The molecule has 3 amide bonds. The van der Waals surface area contributed by atoms with Gasteiger partial charge in [0.2, 0.25) is 0 Å². The van der Waals surface area contributed by atoms with Crippen LogP contribution >= 0.6 is 0 Å². The number of carbonyl (C=O) groups is 2. The summed E-state index contributed by atoms with van der Waals surface area (Å²) in [6.45, 7) is -0.0811. The van der Waals surface area contributed by atoms with Gasteiger partial charge in [0.1, 0.15) is 0 Å². The summed E-state index contributed by atoms with van der Waals surface area (Å²) in [7, 11) is 1.39. The second-order valence-corrected chi connectivity index (χ2v) is 1.65. The number of amides is 3. The molecule has 0 spiro atoms. The number of carbonyl (C=O) groups excluding carboxylic acids is 2. The second kappa shape index (κ2) is 2.02. The lowest BCUT2D eigenvalue weighted by atomic mass is 10.5. The van der Waals surface area contributed by atoms with Crippen LogP contribution in [0.2, 0.25) is 0 Å². The molecule has 0 atom stereocenters. The van der Waals surface area contributed by atoms with E-state index in [1.54, 1.807) is 0 Å². The molecule has 1 rings (SSSR count). The van der Waals surface area contributed by atoms with Gasteiger partial charge in [-0.3, -0.25) is 14.5 Å². The van der Waals surface area contributed by atoms with Gasteiger partial charge in [-0.05, 0) is 0 Å². The number of rotatable bonds is 0. The van der Waals surface area contributed by atoms with Gasteiger partial charge in [-0.25, -0.2) is 10.3 Å². The van der Waals surface area contributed by atoms with Crippen LogP contribution in [0.15, 0.2) is 0 Å². The SMILES string of the molecule is CN1C(=O)CONC1=O. The van der Waals surface area contributed by atoms with Gasteiger partial charge in [-0.15, -0.1) is 0 Å². The highest BCUT2D eigenvalue weighted by Gasteiger charge is 2.21. The lowest BCUT2D eigenvalue weighted by molar-refractivity contribution is -0.139. The number of nitrogens with one attached hydrogen (secondary N) is 1. The number of hydrogen-bond donors (Lipinski definition) is 1. The molecule has 0 aromatic rings. The fourth-order valence-electron chi connectivity index (χ4n) is 0.438. The topological polar surface area (TPSA) is 58.6 Å². The van der Waals surface area contributed by atoms with Crippen LogP contribution in [-0.4, -0.2) is 30.5 Å². The third-order valence-corrected chi connectivity index (χ3v) is 1.03. The molecule has 1 aliphatic heterocycles. The van der Waals surface area contributed by atoms with Gasteiger partial charge in [0, 0.05) is 7.05 Å². The van der Waals surface area contributed by atoms with E-state index in [0.29, 0.717) is 0 Å². The van der Waals surface area contributed by atoms with Crippen LogP contribution in [-0.2, 0) is 9.63 Å². The Morgan fingerprint density at radius 2 is 2.33 bits per heavy atom. The Hall–Kier alpha value is -1.10. The van der Waals surface area contributed by atoms with Crippen LogP contribution in [0.4, 0.5) is 4.79 Å². The maximum Gasteiger partial charge on any atom is 0.347 e. The molecule has 1 heterocycles. The maximum absolute atomic E-state index is 10.5. The normalized spacial score (nSPS) is 19.9. The third kappa shape index (κ3) is 0.996. The van der Waals surface area contributed by atoms with Crippen LogP contribution in [0.5, 0.6) is 0 Å². The number of likely N-dealkylation sites (N-methyl/N-ethyl adjacent to an activating group) is 1. The molecular formula is C4H6N2O3. The minimum atomic E-state index is -0.522. The molecule has 0 radical (unpaired) electrons. The van der Waals surface area contributed by atoms with E-state index in [1.807, 2.05) is 5.48 Å². The molecule has 1 fully saturated rings. The molecule has 0 aliphatic carbocycles. The van der Waals surface area contributed by atoms with Crippen molar-refractivity contribution in [3.8, 4) is 0 Å². The van der Waals surface area contributed by atoms with Crippen LogP contribution in [0, 0.1) is 0 Å². The summed E-state index contributed by atoms with van der Waals surface area (Å²) < 4.78 is 0. The first-order valence-electron chi connectivity index (χ1n) is 2.40. The number of hydrogen-bond acceptors (Lipinski definition) is 3. The molecule has 0 bridgehead atoms. The zero-order chi connectivity index (χ0) is 6.85. The Balaban J connectivity index is 2.62. The van der Waals surface area contributed by atoms with Crippen molar-refractivity contribution >= 4 is 11.9 Å². The predicted molar refractivity (Wildman–Crippen MR) is 27.3 cm³/mol. The van der Waals surface area contributed by atoms with Crippen molar-refractivity contribution in [2.75, 3.05) is 13.7 Å². The van der Waals surface area contributed by atoms with Gasteiger partial charge < -0.3 is 0 Å². The fraction of sp³-hybridized carbons (Fsp3) is 0.500. The predicted octanol–water partition coefficient (Wildman–Crippen LogP) is -0.900. The molecule has 5 heteroatoms. The lowest BCUT2D eigenvalue weighted by Gasteiger charge is -2.20. The smallest absolute Gasteiger partial charge is 0.272 e. The van der Waals surface area contributed by atoms with Crippen molar-refractivity contribution in [1.82, 2.24) is 10.4 Å². The average molecular weight is 130 g/mol. The Bertz CT molecular complexity index is 140. The minimum Gasteiger partial charge on any atom is -0.272 e. The average Bonchev–Trinajstić information content (AvgIpc) is 1.83. The van der Waals surface area contributed by atoms with Gasteiger partial charge in [-0.1, -0.05) is 0 Å². The summed E-state index contributed by atoms with van der Waals surface area (Å²) in [6, 6.07) is -0.522. The lowest BCUT2D eigenvalue weighted by Crippen LogP contribution is -2.48. The van der Waals surface area contributed by atoms with Crippen molar-refractivity contribution in [2.45, 2.75) is 0 Å². The van der Waals surface area contributed by atoms with Crippen LogP contribution in [0.25, 0.3) is 0 Å². The van der Waals surface area contributed by atoms with Gasteiger partial charge in [0.05, 0.1) is 0 Å². The molecule has 0 aromatic heterocycles. The summed E-state index contributed by atoms with van der Waals surface area (Å²) in [5, 5.41) is 0. The van der Waals surface area contributed by atoms with E-state index in [0.717, 1.165) is 4.90 Å². The largest absolute Gasteiger partial charge is 0.347 e. The molecule has 1 N–H and O–H groups in total. The highest BCUT2D eigenvalue weighted by Crippen LogP contribution is 1.92. The standard InChI is InChI=1S/C4H6N2O3/c1-6-3(7)2-9-5-4(6)8/h2H2,1H3,(H,5,8). The first kappa shape index (κ1) is 6.03. The molecule has 9 heavy (non-hydrogen) atoms. The Morgan fingerprint density at radius 1 is 1.67 bits per heavy atom. The molecule has 50 valence electrons. The minimum absolute atomic E-state index is 0.0811. The van der Waals surface area contributed by atoms with E-state index in [-0.39, 0.29) is 12.5 Å². The van der Waals surface area contributed by atoms with E-state index < -0.39 is 6.03 Å². The molecule has 0 saturated carbocycles. The molecule has 0 aromatic carbocycles. The number of nitrogens with zero attached hydrogens (tertiary/aromatic N) is 1. The first-order valence-corrected chi connectivity index (χ1v) is 2.40. The van der Waals surface area contributed by atoms with Gasteiger partial charge >= 0.3 is 6.03 Å². The highest BCUT2D eigenvalue weighted by molar-refractivity contribution is 5.95. The van der Waals surface area contributed by atoms with Crippen molar-refractivity contribution in [3.05, 3.63) is 0 Å². The Labute approximate surface area is 51.5 Å². The third-order valence-electron chi connectivity index (χ3n) is 1.03. The van der Waals surface area contributed by atoms with E-state index in [9.17, 15) is 9.59 Å². The highest BCUT2D eigenvalue weighted by atomic mass is 16.7. The summed E-state index contributed by atoms with van der Waals surface area (Å²) in [4.78, 5) is 26.4. The monoisotopic (exact) mass is 130 g/mol. The summed E-state index contributed by atoms with van der Waals surface area (Å²) in [6.07, 6.45) is 0. The zero-order valence-electron chi connectivity index (χ0n) is 4.88. The van der Waals surface area contributed by atoms with Crippen molar-refractivity contribution < 1.29 is 14.4 Å². The number of imide groups is 1.